The fraction of sp³-hybridized carbons (Fsp3) is 0.286. The van der Waals surface area contributed by atoms with Gasteiger partial charge in [0.25, 0.3) is 0 Å². The van der Waals surface area contributed by atoms with Crippen LogP contribution in [0.5, 0.6) is 0 Å². The van der Waals surface area contributed by atoms with Crippen LogP contribution in [-0.4, -0.2) is 28.5 Å². The van der Waals surface area contributed by atoms with Gasteiger partial charge in [-0.1, -0.05) is 30.3 Å². The topological polar surface area (TPSA) is 25.2 Å². The van der Waals surface area contributed by atoms with Gasteiger partial charge in [0.1, 0.15) is 12.4 Å². The highest BCUT2D eigenvalue weighted by Crippen LogP contribution is 2.32. The summed E-state index contributed by atoms with van der Waals surface area (Å²) in [6.07, 6.45) is 2.06. The highest BCUT2D eigenvalue weighted by Gasteiger charge is 2.14. The van der Waals surface area contributed by atoms with Crippen LogP contribution in [-0.2, 0) is 17.1 Å². The molecular weight excluding hydrogens is 347 g/mol. The summed E-state index contributed by atoms with van der Waals surface area (Å²) in [5, 5.41) is 1.15. The minimum Gasteiger partial charge on any atom is -0.342 e. The van der Waals surface area contributed by atoms with Gasteiger partial charge in [0, 0.05) is 40.8 Å². The highest BCUT2D eigenvalue weighted by atomic mass is 32.2. The summed E-state index contributed by atoms with van der Waals surface area (Å²) >= 11 is 1.71. The van der Waals surface area contributed by atoms with Crippen LogP contribution in [0.3, 0.4) is 0 Å². The Balaban J connectivity index is 1.82. The number of amides is 1. The zero-order valence-corrected chi connectivity index (χ0v) is 15.9. The summed E-state index contributed by atoms with van der Waals surface area (Å²) in [4.78, 5) is 15.5. The normalized spacial score (nSPS) is 11.0. The molecule has 0 saturated heterocycles. The van der Waals surface area contributed by atoms with Crippen molar-refractivity contribution < 1.29 is 9.18 Å². The van der Waals surface area contributed by atoms with Crippen molar-refractivity contribution >= 4 is 28.6 Å². The molecule has 0 atom stereocenters. The number of likely N-dealkylation sites (N-methyl/N-ethyl adjacent to an activating group) is 1. The second-order valence-corrected chi connectivity index (χ2v) is 7.14. The average molecular weight is 370 g/mol. The number of nitrogens with zero attached hydrogens (tertiary/aromatic N) is 2. The lowest BCUT2D eigenvalue weighted by Gasteiger charge is -2.19. The van der Waals surface area contributed by atoms with E-state index in [1.807, 2.05) is 53.6 Å². The first-order chi connectivity index (χ1) is 12.6. The molecule has 1 heterocycles. The van der Waals surface area contributed by atoms with E-state index in [1.165, 1.54) is 12.1 Å². The molecule has 3 aromatic rings. The van der Waals surface area contributed by atoms with Crippen molar-refractivity contribution in [1.29, 1.82) is 0 Å². The minimum absolute atomic E-state index is 0.130. The van der Waals surface area contributed by atoms with E-state index in [9.17, 15) is 9.18 Å². The number of hydrogen-bond donors (Lipinski definition) is 0. The molecule has 0 radical (unpaired) electrons. The van der Waals surface area contributed by atoms with Crippen LogP contribution in [0, 0.1) is 5.82 Å². The number of benzene rings is 2. The Morgan fingerprint density at radius 1 is 1.08 bits per heavy atom. The van der Waals surface area contributed by atoms with Crippen molar-refractivity contribution in [3.63, 3.8) is 0 Å². The van der Waals surface area contributed by atoms with Gasteiger partial charge in [-0.15, -0.1) is 11.8 Å². The van der Waals surface area contributed by atoms with Crippen LogP contribution >= 0.6 is 11.8 Å². The highest BCUT2D eigenvalue weighted by molar-refractivity contribution is 7.98. The van der Waals surface area contributed by atoms with Crippen molar-refractivity contribution in [3.05, 3.63) is 66.1 Å². The maximum absolute atomic E-state index is 13.1. The Morgan fingerprint density at radius 2 is 1.77 bits per heavy atom. The number of carbonyl (C=O) groups excluding carboxylic acids is 1. The monoisotopic (exact) mass is 370 g/mol. The smallest absolute Gasteiger partial charge is 0.242 e. The molecular formula is C21H23FN2OS. The summed E-state index contributed by atoms with van der Waals surface area (Å²) in [6.45, 7) is 5.79. The van der Waals surface area contributed by atoms with Crippen molar-refractivity contribution in [2.24, 2.45) is 0 Å². The van der Waals surface area contributed by atoms with Gasteiger partial charge < -0.3 is 9.47 Å². The molecule has 3 nitrogen and oxygen atoms in total. The Labute approximate surface area is 157 Å². The van der Waals surface area contributed by atoms with Gasteiger partial charge in [0.2, 0.25) is 5.91 Å². The van der Waals surface area contributed by atoms with Gasteiger partial charge in [-0.25, -0.2) is 4.39 Å². The maximum atomic E-state index is 13.1. The average Bonchev–Trinajstić information content (AvgIpc) is 3.00. The molecule has 3 rings (SSSR count). The molecule has 1 aromatic heterocycles. The molecule has 0 bridgehead atoms. The summed E-state index contributed by atoms with van der Waals surface area (Å²) in [6, 6.07) is 14.7. The van der Waals surface area contributed by atoms with Crippen molar-refractivity contribution in [1.82, 2.24) is 9.47 Å². The minimum atomic E-state index is -0.217. The summed E-state index contributed by atoms with van der Waals surface area (Å²) in [7, 11) is 0. The molecule has 2 aromatic carbocycles. The summed E-state index contributed by atoms with van der Waals surface area (Å²) in [5.41, 5.74) is 2.14. The lowest BCUT2D eigenvalue weighted by Crippen LogP contribution is -2.33. The number of halogens is 1. The van der Waals surface area contributed by atoms with Crippen LogP contribution in [0.2, 0.25) is 0 Å². The third kappa shape index (κ3) is 4.10. The quantitative estimate of drug-likeness (QED) is 0.550. The Bertz CT molecular complexity index is 885. The van der Waals surface area contributed by atoms with Crippen LogP contribution < -0.4 is 0 Å². The first-order valence-corrected chi connectivity index (χ1v) is 9.83. The number of hydrogen-bond acceptors (Lipinski definition) is 2. The molecule has 0 N–H and O–H groups in total. The van der Waals surface area contributed by atoms with Crippen LogP contribution in [0.4, 0.5) is 4.39 Å². The fourth-order valence-corrected chi connectivity index (χ4v) is 4.07. The summed E-state index contributed by atoms with van der Waals surface area (Å²) < 4.78 is 15.1. The molecule has 0 fully saturated rings. The zero-order valence-electron chi connectivity index (χ0n) is 15.1. The Kier molecular flexibility index (Phi) is 5.99. The third-order valence-corrected chi connectivity index (χ3v) is 5.60. The first kappa shape index (κ1) is 18.5. The SMILES string of the molecule is CCN(CC)C(=O)Cn1cc(SCc2ccc(F)cc2)c2ccccc21. The van der Waals surface area contributed by atoms with E-state index in [4.69, 9.17) is 0 Å². The second-order valence-electron chi connectivity index (χ2n) is 6.12. The number of rotatable bonds is 7. The van der Waals surface area contributed by atoms with Crippen LogP contribution in [0.15, 0.2) is 59.6 Å². The third-order valence-electron chi connectivity index (χ3n) is 4.48. The van der Waals surface area contributed by atoms with Gasteiger partial charge >= 0.3 is 0 Å². The maximum Gasteiger partial charge on any atom is 0.242 e. The van der Waals surface area contributed by atoms with Crippen LogP contribution in [0.25, 0.3) is 10.9 Å². The lowest BCUT2D eigenvalue weighted by molar-refractivity contribution is -0.131. The molecule has 5 heteroatoms. The van der Waals surface area contributed by atoms with E-state index >= 15 is 0 Å². The summed E-state index contributed by atoms with van der Waals surface area (Å²) in [5.74, 6) is 0.675. The number of aromatic nitrogens is 1. The van der Waals surface area contributed by atoms with E-state index in [2.05, 4.69) is 12.3 Å². The van der Waals surface area contributed by atoms with Crippen molar-refractivity contribution in [2.45, 2.75) is 31.0 Å². The predicted octanol–water partition coefficient (Wildman–Crippen LogP) is 4.94. The molecule has 0 aliphatic rings. The Morgan fingerprint density at radius 3 is 2.46 bits per heavy atom. The Hall–Kier alpha value is -2.27. The number of thioether (sulfide) groups is 1. The van der Waals surface area contributed by atoms with Gasteiger partial charge in [-0.2, -0.15) is 0 Å². The largest absolute Gasteiger partial charge is 0.342 e. The second kappa shape index (κ2) is 8.41. The van der Waals surface area contributed by atoms with E-state index in [1.54, 1.807) is 11.8 Å². The van der Waals surface area contributed by atoms with Gasteiger partial charge in [-0.05, 0) is 37.6 Å². The molecule has 0 aliphatic heterocycles. The molecule has 136 valence electrons. The first-order valence-electron chi connectivity index (χ1n) is 8.85. The van der Waals surface area contributed by atoms with E-state index in [0.29, 0.717) is 6.54 Å². The van der Waals surface area contributed by atoms with Gasteiger partial charge in [0.05, 0.1) is 0 Å². The number of fused-ring (bicyclic) bond motifs is 1. The molecule has 1 amide bonds. The van der Waals surface area contributed by atoms with Crippen molar-refractivity contribution in [2.75, 3.05) is 13.1 Å². The fourth-order valence-electron chi connectivity index (χ4n) is 3.02. The molecule has 0 saturated carbocycles. The van der Waals surface area contributed by atoms with Gasteiger partial charge in [0.15, 0.2) is 0 Å². The standard InChI is InChI=1S/C21H23FN2OS/c1-3-23(4-2)21(25)14-24-13-20(18-7-5-6-8-19(18)24)26-15-16-9-11-17(22)12-10-16/h5-13H,3-4,14-15H2,1-2H3. The lowest BCUT2D eigenvalue weighted by atomic mass is 10.2. The molecule has 0 spiro atoms. The predicted molar refractivity (Wildman–Crippen MR) is 106 cm³/mol. The van der Waals surface area contributed by atoms with Crippen molar-refractivity contribution in [3.8, 4) is 0 Å². The van der Waals surface area contributed by atoms with E-state index in [0.717, 1.165) is 40.2 Å². The molecule has 26 heavy (non-hydrogen) atoms. The number of para-hydroxylation sites is 1. The van der Waals surface area contributed by atoms with E-state index in [-0.39, 0.29) is 11.7 Å². The zero-order chi connectivity index (χ0) is 18.5. The molecule has 0 aliphatic carbocycles. The van der Waals surface area contributed by atoms with Crippen LogP contribution in [0.1, 0.15) is 19.4 Å². The van der Waals surface area contributed by atoms with E-state index < -0.39 is 0 Å². The number of carbonyl (C=O) groups is 1. The molecule has 0 unspecified atom stereocenters. The van der Waals surface area contributed by atoms with Gasteiger partial charge in [-0.3, -0.25) is 4.79 Å².